The van der Waals surface area contributed by atoms with Crippen molar-refractivity contribution in [3.63, 3.8) is 0 Å². The fraction of sp³-hybridized carbons (Fsp3) is 0.450. The van der Waals surface area contributed by atoms with E-state index in [0.29, 0.717) is 16.1 Å². The molecule has 1 atom stereocenters. The summed E-state index contributed by atoms with van der Waals surface area (Å²) in [7, 11) is 0. The Balaban J connectivity index is 1.67. The molecule has 1 N–H and O–H groups in total. The Hall–Kier alpha value is -2.53. The SMILES string of the molecule is CC(C)c1nnc(NC(=O)CSc2nnc(C(C)Oc3ccccc3F)n2C(C)C)s1. The summed E-state index contributed by atoms with van der Waals surface area (Å²) >= 11 is 2.63. The maximum absolute atomic E-state index is 13.9. The van der Waals surface area contributed by atoms with Crippen LogP contribution >= 0.6 is 23.1 Å². The summed E-state index contributed by atoms with van der Waals surface area (Å²) in [6, 6.07) is 6.26. The molecule has 1 amide bonds. The molecule has 2 aromatic heterocycles. The van der Waals surface area contributed by atoms with Gasteiger partial charge in [0.1, 0.15) is 5.01 Å². The molecule has 0 saturated carbocycles. The molecular weight excluding hydrogens is 439 g/mol. The number of para-hydroxylation sites is 1. The van der Waals surface area contributed by atoms with Crippen molar-refractivity contribution in [3.05, 3.63) is 40.9 Å². The summed E-state index contributed by atoms with van der Waals surface area (Å²) in [6.07, 6.45) is -0.522. The minimum Gasteiger partial charge on any atom is -0.480 e. The van der Waals surface area contributed by atoms with Crippen LogP contribution in [0.3, 0.4) is 0 Å². The molecule has 0 aliphatic rings. The lowest BCUT2D eigenvalue weighted by Crippen LogP contribution is -2.16. The van der Waals surface area contributed by atoms with Gasteiger partial charge in [-0.1, -0.05) is 49.1 Å². The van der Waals surface area contributed by atoms with Gasteiger partial charge in [-0.3, -0.25) is 10.1 Å². The van der Waals surface area contributed by atoms with Crippen LogP contribution in [0.4, 0.5) is 9.52 Å². The maximum atomic E-state index is 13.9. The summed E-state index contributed by atoms with van der Waals surface area (Å²) < 4.78 is 21.6. The fourth-order valence-electron chi connectivity index (χ4n) is 2.74. The van der Waals surface area contributed by atoms with Crippen LogP contribution in [0.25, 0.3) is 0 Å². The standard InChI is InChI=1S/C20H25FN6O2S2/c1-11(2)18-24-25-19(31-18)22-16(28)10-30-20-26-23-17(27(20)12(3)4)13(5)29-15-9-7-6-8-14(15)21/h6-9,11-13H,10H2,1-5H3,(H,22,25,28). The van der Waals surface area contributed by atoms with Gasteiger partial charge >= 0.3 is 0 Å². The van der Waals surface area contributed by atoms with Crippen LogP contribution in [0.15, 0.2) is 29.4 Å². The Morgan fingerprint density at radius 2 is 1.90 bits per heavy atom. The molecular formula is C20H25FN6O2S2. The average Bonchev–Trinajstić information content (AvgIpc) is 3.35. The number of nitrogens with one attached hydrogen (secondary N) is 1. The van der Waals surface area contributed by atoms with Gasteiger partial charge in [0, 0.05) is 12.0 Å². The van der Waals surface area contributed by atoms with Crippen LogP contribution in [-0.2, 0) is 4.79 Å². The second-order valence-corrected chi connectivity index (χ2v) is 9.38. The number of ether oxygens (including phenoxy) is 1. The van der Waals surface area contributed by atoms with E-state index < -0.39 is 11.9 Å². The van der Waals surface area contributed by atoms with Gasteiger partial charge in [0.2, 0.25) is 11.0 Å². The van der Waals surface area contributed by atoms with E-state index in [0.717, 1.165) is 5.01 Å². The molecule has 11 heteroatoms. The number of anilines is 1. The third-order valence-electron chi connectivity index (χ3n) is 4.22. The fourth-order valence-corrected chi connectivity index (χ4v) is 4.37. The number of halogens is 1. The number of hydrogen-bond acceptors (Lipinski definition) is 8. The van der Waals surface area contributed by atoms with E-state index in [4.69, 9.17) is 4.74 Å². The van der Waals surface area contributed by atoms with Crippen LogP contribution < -0.4 is 10.1 Å². The number of carbonyl (C=O) groups excluding carboxylic acids is 1. The van der Waals surface area contributed by atoms with E-state index >= 15 is 0 Å². The lowest BCUT2D eigenvalue weighted by Gasteiger charge is -2.19. The van der Waals surface area contributed by atoms with Crippen molar-refractivity contribution in [1.82, 2.24) is 25.0 Å². The van der Waals surface area contributed by atoms with E-state index in [1.807, 2.05) is 32.3 Å². The van der Waals surface area contributed by atoms with Crippen LogP contribution in [0.5, 0.6) is 5.75 Å². The van der Waals surface area contributed by atoms with Gasteiger partial charge in [0.15, 0.2) is 28.7 Å². The Kier molecular flexibility index (Phi) is 7.60. The number of rotatable bonds is 9. The van der Waals surface area contributed by atoms with Gasteiger partial charge < -0.3 is 9.30 Å². The van der Waals surface area contributed by atoms with Gasteiger partial charge in [0.25, 0.3) is 0 Å². The Labute approximate surface area is 188 Å². The molecule has 0 fully saturated rings. The zero-order valence-electron chi connectivity index (χ0n) is 18.0. The first-order valence-electron chi connectivity index (χ1n) is 9.88. The maximum Gasteiger partial charge on any atom is 0.236 e. The Morgan fingerprint density at radius 1 is 1.16 bits per heavy atom. The minimum atomic E-state index is -0.522. The lowest BCUT2D eigenvalue weighted by atomic mass is 10.2. The highest BCUT2D eigenvalue weighted by Crippen LogP contribution is 2.29. The molecule has 3 aromatic rings. The summed E-state index contributed by atoms with van der Waals surface area (Å²) in [6.45, 7) is 9.81. The monoisotopic (exact) mass is 464 g/mol. The lowest BCUT2D eigenvalue weighted by molar-refractivity contribution is -0.113. The number of carbonyl (C=O) groups is 1. The van der Waals surface area contributed by atoms with Crippen LogP contribution in [0.2, 0.25) is 0 Å². The van der Waals surface area contributed by atoms with Crippen LogP contribution in [-0.4, -0.2) is 36.6 Å². The first kappa shape index (κ1) is 23.1. The average molecular weight is 465 g/mol. The van der Waals surface area contributed by atoms with Gasteiger partial charge in [0.05, 0.1) is 5.75 Å². The van der Waals surface area contributed by atoms with Crippen molar-refractivity contribution in [3.8, 4) is 5.75 Å². The molecule has 0 aliphatic carbocycles. The Bertz CT molecular complexity index is 1040. The summed E-state index contributed by atoms with van der Waals surface area (Å²) in [4.78, 5) is 12.3. The molecule has 31 heavy (non-hydrogen) atoms. The van der Waals surface area contributed by atoms with E-state index in [9.17, 15) is 9.18 Å². The number of amides is 1. The minimum absolute atomic E-state index is 0.0268. The smallest absolute Gasteiger partial charge is 0.236 e. The quantitative estimate of drug-likeness (QED) is 0.453. The summed E-state index contributed by atoms with van der Waals surface area (Å²) in [5.74, 6) is 0.477. The Morgan fingerprint density at radius 3 is 2.55 bits per heavy atom. The molecule has 0 radical (unpaired) electrons. The number of aromatic nitrogens is 5. The summed E-state index contributed by atoms with van der Waals surface area (Å²) in [5.41, 5.74) is 0. The van der Waals surface area contributed by atoms with Gasteiger partial charge in [-0.15, -0.1) is 20.4 Å². The molecule has 1 aromatic carbocycles. The molecule has 8 nitrogen and oxygen atoms in total. The van der Waals surface area contributed by atoms with Gasteiger partial charge in [-0.2, -0.15) is 0 Å². The van der Waals surface area contributed by atoms with Crippen molar-refractivity contribution in [2.75, 3.05) is 11.1 Å². The predicted molar refractivity (Wildman–Crippen MR) is 119 cm³/mol. The third kappa shape index (κ3) is 5.79. The second-order valence-electron chi connectivity index (χ2n) is 7.43. The molecule has 0 bridgehead atoms. The van der Waals surface area contributed by atoms with Gasteiger partial charge in [-0.25, -0.2) is 4.39 Å². The number of nitrogens with zero attached hydrogens (tertiary/aromatic N) is 5. The van der Waals surface area contributed by atoms with Crippen LogP contribution in [0, 0.1) is 5.82 Å². The molecule has 0 saturated heterocycles. The molecule has 0 spiro atoms. The zero-order chi connectivity index (χ0) is 22.5. The first-order chi connectivity index (χ1) is 14.8. The van der Waals surface area contributed by atoms with E-state index in [1.165, 1.54) is 29.2 Å². The van der Waals surface area contributed by atoms with E-state index in [-0.39, 0.29) is 29.4 Å². The zero-order valence-corrected chi connectivity index (χ0v) is 19.6. The third-order valence-corrected chi connectivity index (χ3v) is 6.31. The van der Waals surface area contributed by atoms with Crippen molar-refractivity contribution in [2.24, 2.45) is 0 Å². The number of benzene rings is 1. The highest BCUT2D eigenvalue weighted by atomic mass is 32.2. The van der Waals surface area contributed by atoms with Crippen LogP contribution in [0.1, 0.15) is 63.5 Å². The van der Waals surface area contributed by atoms with Crippen molar-refractivity contribution < 1.29 is 13.9 Å². The summed E-state index contributed by atoms with van der Waals surface area (Å²) in [5, 5.41) is 21.2. The molecule has 0 aliphatic heterocycles. The van der Waals surface area contributed by atoms with E-state index in [1.54, 1.807) is 25.1 Å². The highest BCUT2D eigenvalue weighted by molar-refractivity contribution is 7.99. The topological polar surface area (TPSA) is 94.8 Å². The van der Waals surface area contributed by atoms with Crippen molar-refractivity contribution in [1.29, 1.82) is 0 Å². The van der Waals surface area contributed by atoms with E-state index in [2.05, 4.69) is 25.7 Å². The molecule has 1 unspecified atom stereocenters. The van der Waals surface area contributed by atoms with Crippen molar-refractivity contribution >= 4 is 34.1 Å². The molecule has 166 valence electrons. The second kappa shape index (κ2) is 10.2. The predicted octanol–water partition coefficient (Wildman–Crippen LogP) is 4.84. The first-order valence-corrected chi connectivity index (χ1v) is 11.7. The van der Waals surface area contributed by atoms with Crippen molar-refractivity contribution in [2.45, 2.75) is 57.8 Å². The number of hydrogen-bond donors (Lipinski definition) is 1. The highest BCUT2D eigenvalue weighted by Gasteiger charge is 2.23. The largest absolute Gasteiger partial charge is 0.480 e. The molecule has 3 rings (SSSR count). The molecule has 2 heterocycles. The normalized spacial score (nSPS) is 12.4. The van der Waals surface area contributed by atoms with Gasteiger partial charge in [-0.05, 0) is 32.9 Å². The number of thioether (sulfide) groups is 1.